The summed E-state index contributed by atoms with van der Waals surface area (Å²) < 4.78 is 10.7. The van der Waals surface area contributed by atoms with Gasteiger partial charge in [0.25, 0.3) is 0 Å². The van der Waals surface area contributed by atoms with Crippen molar-refractivity contribution in [3.63, 3.8) is 0 Å². The number of fused-ring (bicyclic) bond motifs is 2. The van der Waals surface area contributed by atoms with Crippen molar-refractivity contribution in [1.29, 1.82) is 0 Å². The maximum Gasteiger partial charge on any atom is 0.194 e. The largest absolute Gasteiger partial charge is 0.493 e. The standard InChI is InChI=1S/C21H22N2O3/c1-25-19-8-7-14(11-20(19)26-2)12-23-10-9-18-16(13-23)21(24)15-5-3-4-6-17(15)22-18/h3-8,11H,9-10,12-13H2,1-2H3,(H,22,24). The van der Waals surface area contributed by atoms with Crippen LogP contribution in [0.1, 0.15) is 16.8 Å². The van der Waals surface area contributed by atoms with Crippen LogP contribution in [0.15, 0.2) is 47.3 Å². The van der Waals surface area contributed by atoms with Crippen molar-refractivity contribution in [1.82, 2.24) is 9.88 Å². The third kappa shape index (κ3) is 2.95. The molecule has 5 nitrogen and oxygen atoms in total. The summed E-state index contributed by atoms with van der Waals surface area (Å²) in [4.78, 5) is 18.6. The molecule has 0 fully saturated rings. The number of para-hydroxylation sites is 1. The van der Waals surface area contributed by atoms with E-state index in [9.17, 15) is 4.79 Å². The zero-order chi connectivity index (χ0) is 18.1. The van der Waals surface area contributed by atoms with Crippen LogP contribution in [0, 0.1) is 0 Å². The molecule has 0 unspecified atom stereocenters. The highest BCUT2D eigenvalue weighted by Gasteiger charge is 2.21. The number of aromatic amines is 1. The highest BCUT2D eigenvalue weighted by Crippen LogP contribution is 2.28. The minimum absolute atomic E-state index is 0.145. The zero-order valence-corrected chi connectivity index (χ0v) is 15.0. The van der Waals surface area contributed by atoms with Gasteiger partial charge in [0.2, 0.25) is 0 Å². The van der Waals surface area contributed by atoms with Gasteiger partial charge in [-0.05, 0) is 29.8 Å². The molecule has 0 saturated carbocycles. The summed E-state index contributed by atoms with van der Waals surface area (Å²) in [5.74, 6) is 1.45. The highest BCUT2D eigenvalue weighted by molar-refractivity contribution is 5.79. The average Bonchev–Trinajstić information content (AvgIpc) is 2.68. The van der Waals surface area contributed by atoms with Crippen molar-refractivity contribution in [2.45, 2.75) is 19.5 Å². The number of rotatable bonds is 4. The van der Waals surface area contributed by atoms with Crippen LogP contribution in [0.3, 0.4) is 0 Å². The summed E-state index contributed by atoms with van der Waals surface area (Å²) in [6, 6.07) is 13.7. The Morgan fingerprint density at radius 2 is 1.88 bits per heavy atom. The monoisotopic (exact) mass is 350 g/mol. The molecular formula is C21H22N2O3. The van der Waals surface area contributed by atoms with Gasteiger partial charge in [0, 0.05) is 48.2 Å². The number of aromatic nitrogens is 1. The minimum Gasteiger partial charge on any atom is -0.493 e. The van der Waals surface area contributed by atoms with Crippen molar-refractivity contribution < 1.29 is 9.47 Å². The van der Waals surface area contributed by atoms with Gasteiger partial charge in [-0.1, -0.05) is 18.2 Å². The first-order chi connectivity index (χ1) is 12.7. The molecule has 1 N–H and O–H groups in total. The second kappa shape index (κ2) is 6.84. The van der Waals surface area contributed by atoms with E-state index in [1.54, 1.807) is 14.2 Å². The first kappa shape index (κ1) is 16.7. The first-order valence-electron chi connectivity index (χ1n) is 8.75. The number of methoxy groups -OCH3 is 2. The van der Waals surface area contributed by atoms with Crippen LogP contribution >= 0.6 is 0 Å². The third-order valence-corrected chi connectivity index (χ3v) is 5.01. The Morgan fingerprint density at radius 3 is 2.69 bits per heavy atom. The lowest BCUT2D eigenvalue weighted by atomic mass is 10.0. The molecule has 0 spiro atoms. The van der Waals surface area contributed by atoms with Crippen LogP contribution in [-0.2, 0) is 19.5 Å². The average molecular weight is 350 g/mol. The molecule has 4 rings (SSSR count). The van der Waals surface area contributed by atoms with Gasteiger partial charge in [0.15, 0.2) is 16.9 Å². The molecule has 0 radical (unpaired) electrons. The molecule has 1 aromatic heterocycles. The van der Waals surface area contributed by atoms with E-state index in [-0.39, 0.29) is 5.43 Å². The molecule has 26 heavy (non-hydrogen) atoms. The van der Waals surface area contributed by atoms with Gasteiger partial charge in [0.05, 0.1) is 14.2 Å². The van der Waals surface area contributed by atoms with Crippen LogP contribution in [0.5, 0.6) is 11.5 Å². The summed E-state index contributed by atoms with van der Waals surface area (Å²) in [5.41, 5.74) is 4.16. The first-order valence-corrected chi connectivity index (χ1v) is 8.75. The summed E-state index contributed by atoms with van der Waals surface area (Å²) in [6.45, 7) is 2.34. The number of hydrogen-bond donors (Lipinski definition) is 1. The lowest BCUT2D eigenvalue weighted by Crippen LogP contribution is -2.34. The van der Waals surface area contributed by atoms with Gasteiger partial charge in [0.1, 0.15) is 0 Å². The SMILES string of the molecule is COc1ccc(CN2CCc3[nH]c4ccccc4c(=O)c3C2)cc1OC. The Morgan fingerprint density at radius 1 is 1.08 bits per heavy atom. The Balaban J connectivity index is 1.61. The molecule has 0 bridgehead atoms. The summed E-state index contributed by atoms with van der Waals surface area (Å²) in [7, 11) is 3.28. The lowest BCUT2D eigenvalue weighted by Gasteiger charge is -2.28. The molecule has 1 aliphatic rings. The Bertz CT molecular complexity index is 1010. The molecule has 3 aromatic rings. The summed E-state index contributed by atoms with van der Waals surface area (Å²) in [5, 5.41) is 0.763. The summed E-state index contributed by atoms with van der Waals surface area (Å²) in [6.07, 6.45) is 0.850. The normalized spacial score (nSPS) is 14.2. The number of nitrogens with zero attached hydrogens (tertiary/aromatic N) is 1. The van der Waals surface area contributed by atoms with Crippen molar-refractivity contribution in [2.24, 2.45) is 0 Å². The summed E-state index contributed by atoms with van der Waals surface area (Å²) >= 11 is 0. The van der Waals surface area contributed by atoms with Gasteiger partial charge in [-0.15, -0.1) is 0 Å². The molecular weight excluding hydrogens is 328 g/mol. The van der Waals surface area contributed by atoms with Crippen LogP contribution in [0.2, 0.25) is 0 Å². The second-order valence-electron chi connectivity index (χ2n) is 6.61. The van der Waals surface area contributed by atoms with Gasteiger partial charge < -0.3 is 14.5 Å². The molecule has 5 heteroatoms. The van der Waals surface area contributed by atoms with Gasteiger partial charge >= 0.3 is 0 Å². The number of hydrogen-bond acceptors (Lipinski definition) is 4. The zero-order valence-electron chi connectivity index (χ0n) is 15.0. The van der Waals surface area contributed by atoms with E-state index in [1.165, 1.54) is 0 Å². The predicted octanol–water partition coefficient (Wildman–Crippen LogP) is 3.10. The maximum absolute atomic E-state index is 12.9. The number of pyridine rings is 1. The Labute approximate surface area is 152 Å². The van der Waals surface area contributed by atoms with E-state index in [1.807, 2.05) is 42.5 Å². The van der Waals surface area contributed by atoms with Crippen LogP contribution in [0.4, 0.5) is 0 Å². The van der Waals surface area contributed by atoms with Gasteiger partial charge in [-0.3, -0.25) is 9.69 Å². The topological polar surface area (TPSA) is 54.6 Å². The highest BCUT2D eigenvalue weighted by atomic mass is 16.5. The number of H-pyrrole nitrogens is 1. The van der Waals surface area contributed by atoms with Crippen molar-refractivity contribution in [3.05, 3.63) is 69.5 Å². The fraction of sp³-hybridized carbons (Fsp3) is 0.286. The van der Waals surface area contributed by atoms with Gasteiger partial charge in [-0.2, -0.15) is 0 Å². The molecule has 134 valence electrons. The molecule has 0 saturated heterocycles. The molecule has 2 aromatic carbocycles. The molecule has 1 aliphatic heterocycles. The van der Waals surface area contributed by atoms with E-state index in [4.69, 9.17) is 9.47 Å². The van der Waals surface area contributed by atoms with E-state index in [2.05, 4.69) is 9.88 Å². The Hall–Kier alpha value is -2.79. The van der Waals surface area contributed by atoms with Gasteiger partial charge in [-0.25, -0.2) is 0 Å². The van der Waals surface area contributed by atoms with Crippen molar-refractivity contribution >= 4 is 10.9 Å². The van der Waals surface area contributed by atoms with Crippen molar-refractivity contribution in [3.8, 4) is 11.5 Å². The maximum atomic E-state index is 12.9. The number of benzene rings is 2. The minimum atomic E-state index is 0.145. The fourth-order valence-electron chi connectivity index (χ4n) is 3.65. The molecule has 0 aliphatic carbocycles. The predicted molar refractivity (Wildman–Crippen MR) is 102 cm³/mol. The van der Waals surface area contributed by atoms with Crippen LogP contribution < -0.4 is 14.9 Å². The number of ether oxygens (including phenoxy) is 2. The smallest absolute Gasteiger partial charge is 0.194 e. The quantitative estimate of drug-likeness (QED) is 0.786. The van der Waals surface area contributed by atoms with E-state index in [0.29, 0.717) is 6.54 Å². The van der Waals surface area contributed by atoms with Crippen LogP contribution in [0.25, 0.3) is 10.9 Å². The number of nitrogens with one attached hydrogen (secondary N) is 1. The molecule has 0 atom stereocenters. The molecule has 2 heterocycles. The fourth-order valence-corrected chi connectivity index (χ4v) is 3.65. The Kier molecular flexibility index (Phi) is 4.39. The van der Waals surface area contributed by atoms with Crippen molar-refractivity contribution in [2.75, 3.05) is 20.8 Å². The van der Waals surface area contributed by atoms with Crippen LogP contribution in [-0.4, -0.2) is 30.6 Å². The van der Waals surface area contributed by atoms with E-state index < -0.39 is 0 Å². The lowest BCUT2D eigenvalue weighted by molar-refractivity contribution is 0.242. The third-order valence-electron chi connectivity index (χ3n) is 5.01. The van der Waals surface area contributed by atoms with E-state index >= 15 is 0 Å². The second-order valence-corrected chi connectivity index (χ2v) is 6.61. The van der Waals surface area contributed by atoms with E-state index in [0.717, 1.165) is 58.7 Å². The molecule has 0 amide bonds.